The average Bonchev–Trinajstić information content (AvgIpc) is 2.58. The van der Waals surface area contributed by atoms with E-state index in [1.54, 1.807) is 13.8 Å². The summed E-state index contributed by atoms with van der Waals surface area (Å²) in [7, 11) is 2.10. The fraction of sp³-hybridized carbons (Fsp3) is 0.700. The molecule has 0 spiro atoms. The van der Waals surface area contributed by atoms with Gasteiger partial charge in [0.05, 0.1) is 5.41 Å². The summed E-state index contributed by atoms with van der Waals surface area (Å²) in [5.74, 6) is 0.303. The van der Waals surface area contributed by atoms with Crippen molar-refractivity contribution in [3.8, 4) is 11.6 Å². The number of hydrogen-bond donors (Lipinski definition) is 0. The van der Waals surface area contributed by atoms with Crippen LogP contribution < -0.4 is 9.47 Å². The Morgan fingerprint density at radius 1 is 1.36 bits per heavy atom. The van der Waals surface area contributed by atoms with Crippen molar-refractivity contribution >= 4 is 5.78 Å². The number of nitrogens with zero attached hydrogens (tertiary/aromatic N) is 2. The maximum atomic E-state index is 12.7. The maximum Gasteiger partial charge on any atom is 0.573 e. The fourth-order valence-electron chi connectivity index (χ4n) is 3.50. The Kier molecular flexibility index (Phi) is 7.31. The van der Waals surface area contributed by atoms with Crippen molar-refractivity contribution in [2.24, 2.45) is 17.3 Å². The highest BCUT2D eigenvalue weighted by molar-refractivity contribution is 5.84. The Balaban J connectivity index is 1.90. The second-order valence-electron chi connectivity index (χ2n) is 8.28. The predicted octanol–water partition coefficient (Wildman–Crippen LogP) is 4.32. The molecular formula is C20H29F3N2O3. The molecule has 0 unspecified atom stereocenters. The lowest BCUT2D eigenvalue weighted by molar-refractivity contribution is -0.275. The molecule has 8 heteroatoms. The number of carbonyl (C=O) groups excluding carboxylic acids is 1. The number of halogens is 3. The van der Waals surface area contributed by atoms with E-state index in [1.165, 1.54) is 12.3 Å². The number of alkyl halides is 3. The molecule has 158 valence electrons. The number of ketones is 1. The summed E-state index contributed by atoms with van der Waals surface area (Å²) in [5.41, 5.74) is -0.832. The molecule has 2 heterocycles. The van der Waals surface area contributed by atoms with Crippen LogP contribution in [0, 0.1) is 17.3 Å². The molecule has 2 rings (SSSR count). The molecular weight excluding hydrogens is 373 g/mol. The number of pyridine rings is 1. The van der Waals surface area contributed by atoms with Gasteiger partial charge in [0.2, 0.25) is 0 Å². The molecule has 0 N–H and O–H groups in total. The SMILES string of the molecule is C[C@H]1CN(C)CC[C@@H]1CCC(=O)C(C)(C)COc1ncccc1OC(F)(F)F. The van der Waals surface area contributed by atoms with E-state index in [-0.39, 0.29) is 18.3 Å². The molecule has 0 aliphatic carbocycles. The number of hydrogen-bond acceptors (Lipinski definition) is 5. The zero-order chi connectivity index (χ0) is 20.9. The third kappa shape index (κ3) is 6.65. The average molecular weight is 402 g/mol. The molecule has 1 fully saturated rings. The Labute approximate surface area is 164 Å². The van der Waals surface area contributed by atoms with Crippen molar-refractivity contribution in [1.82, 2.24) is 9.88 Å². The molecule has 0 saturated carbocycles. The largest absolute Gasteiger partial charge is 0.573 e. The Hall–Kier alpha value is -1.83. The lowest BCUT2D eigenvalue weighted by atomic mass is 9.80. The first-order chi connectivity index (χ1) is 13.0. The normalized spacial score (nSPS) is 21.4. The number of Topliss-reactive ketones (excluding diaryl/α,β-unsaturated/α-hetero) is 1. The van der Waals surface area contributed by atoms with Crippen LogP contribution in [0.2, 0.25) is 0 Å². The molecule has 0 aromatic carbocycles. The van der Waals surface area contributed by atoms with Crippen LogP contribution in [0.1, 0.15) is 40.0 Å². The second kappa shape index (κ2) is 9.11. The topological polar surface area (TPSA) is 51.7 Å². The van der Waals surface area contributed by atoms with Gasteiger partial charge in [-0.2, -0.15) is 0 Å². The van der Waals surface area contributed by atoms with Crippen molar-refractivity contribution in [3.63, 3.8) is 0 Å². The standard InChI is InChI=1S/C20H29F3N2O3/c1-14-12-25(4)11-9-15(14)7-8-17(26)19(2,3)13-27-18-16(6-5-10-24-18)28-20(21,22)23/h5-6,10,14-15H,7-9,11-13H2,1-4H3/t14-,15-/m0/s1. The lowest BCUT2D eigenvalue weighted by Crippen LogP contribution is -2.37. The number of piperidine rings is 1. The van der Waals surface area contributed by atoms with Gasteiger partial charge in [-0.1, -0.05) is 6.92 Å². The van der Waals surface area contributed by atoms with E-state index >= 15 is 0 Å². The molecule has 0 bridgehead atoms. The van der Waals surface area contributed by atoms with Gasteiger partial charge in [-0.15, -0.1) is 13.2 Å². The maximum absolute atomic E-state index is 12.7. The van der Waals surface area contributed by atoms with E-state index in [0.29, 0.717) is 18.3 Å². The van der Waals surface area contributed by atoms with Crippen LogP contribution in [0.3, 0.4) is 0 Å². The van der Waals surface area contributed by atoms with Crippen molar-refractivity contribution < 1.29 is 27.4 Å². The summed E-state index contributed by atoms with van der Waals surface area (Å²) in [6.07, 6.45) is -1.19. The minimum absolute atomic E-state index is 0.0350. The lowest BCUT2D eigenvalue weighted by Gasteiger charge is -2.35. The third-order valence-corrected chi connectivity index (χ3v) is 5.31. The number of likely N-dealkylation sites (tertiary alicyclic amines) is 1. The van der Waals surface area contributed by atoms with Gasteiger partial charge in [0.15, 0.2) is 5.75 Å². The second-order valence-corrected chi connectivity index (χ2v) is 8.28. The van der Waals surface area contributed by atoms with Crippen LogP contribution in [-0.2, 0) is 4.79 Å². The van der Waals surface area contributed by atoms with Crippen LogP contribution >= 0.6 is 0 Å². The monoisotopic (exact) mass is 402 g/mol. The van der Waals surface area contributed by atoms with Gasteiger partial charge >= 0.3 is 6.36 Å². The first kappa shape index (κ1) is 22.5. The van der Waals surface area contributed by atoms with Crippen LogP contribution in [0.15, 0.2) is 18.3 Å². The Morgan fingerprint density at radius 2 is 2.07 bits per heavy atom. The first-order valence-corrected chi connectivity index (χ1v) is 9.53. The van der Waals surface area contributed by atoms with Crippen LogP contribution in [0.5, 0.6) is 11.6 Å². The third-order valence-electron chi connectivity index (χ3n) is 5.31. The number of ether oxygens (including phenoxy) is 2. The Morgan fingerprint density at radius 3 is 2.71 bits per heavy atom. The molecule has 1 aromatic rings. The number of rotatable bonds is 8. The molecule has 2 atom stereocenters. The van der Waals surface area contributed by atoms with E-state index in [9.17, 15) is 18.0 Å². The summed E-state index contributed by atoms with van der Waals surface area (Å²) in [6, 6.07) is 2.46. The minimum Gasteiger partial charge on any atom is -0.474 e. The highest BCUT2D eigenvalue weighted by Crippen LogP contribution is 2.32. The molecule has 0 amide bonds. The number of carbonyl (C=O) groups is 1. The van der Waals surface area contributed by atoms with Gasteiger partial charge in [-0.3, -0.25) is 4.79 Å². The van der Waals surface area contributed by atoms with Crippen molar-refractivity contribution in [2.75, 3.05) is 26.7 Å². The van der Waals surface area contributed by atoms with Gasteiger partial charge in [-0.25, -0.2) is 4.98 Å². The smallest absolute Gasteiger partial charge is 0.474 e. The Bertz CT molecular complexity index is 664. The molecule has 1 aliphatic rings. The van der Waals surface area contributed by atoms with Gasteiger partial charge in [0.25, 0.3) is 5.88 Å². The van der Waals surface area contributed by atoms with E-state index in [1.807, 2.05) is 0 Å². The summed E-state index contributed by atoms with van der Waals surface area (Å²) < 4.78 is 46.8. The molecule has 1 aromatic heterocycles. The van der Waals surface area contributed by atoms with E-state index in [4.69, 9.17) is 4.74 Å². The van der Waals surface area contributed by atoms with Gasteiger partial charge in [-0.05, 0) is 64.3 Å². The fourth-order valence-corrected chi connectivity index (χ4v) is 3.50. The zero-order valence-corrected chi connectivity index (χ0v) is 16.9. The predicted molar refractivity (Wildman–Crippen MR) is 99.2 cm³/mol. The van der Waals surface area contributed by atoms with Crippen molar-refractivity contribution in [1.29, 1.82) is 0 Å². The van der Waals surface area contributed by atoms with E-state index < -0.39 is 17.5 Å². The van der Waals surface area contributed by atoms with Crippen LogP contribution in [-0.4, -0.2) is 48.8 Å². The molecule has 28 heavy (non-hydrogen) atoms. The molecule has 0 radical (unpaired) electrons. The van der Waals surface area contributed by atoms with Gasteiger partial charge < -0.3 is 14.4 Å². The first-order valence-electron chi connectivity index (χ1n) is 9.53. The van der Waals surface area contributed by atoms with E-state index in [0.717, 1.165) is 32.0 Å². The van der Waals surface area contributed by atoms with E-state index in [2.05, 4.69) is 28.6 Å². The quantitative estimate of drug-likeness (QED) is 0.648. The molecule has 1 saturated heterocycles. The molecule has 1 aliphatic heterocycles. The van der Waals surface area contributed by atoms with Gasteiger partial charge in [0.1, 0.15) is 12.4 Å². The van der Waals surface area contributed by atoms with Crippen molar-refractivity contribution in [3.05, 3.63) is 18.3 Å². The summed E-state index contributed by atoms with van der Waals surface area (Å²) in [5, 5.41) is 0. The summed E-state index contributed by atoms with van der Waals surface area (Å²) in [4.78, 5) is 18.8. The summed E-state index contributed by atoms with van der Waals surface area (Å²) >= 11 is 0. The highest BCUT2D eigenvalue weighted by atomic mass is 19.4. The highest BCUT2D eigenvalue weighted by Gasteiger charge is 2.34. The minimum atomic E-state index is -4.84. The number of aromatic nitrogens is 1. The summed E-state index contributed by atoms with van der Waals surface area (Å²) in [6.45, 7) is 7.69. The van der Waals surface area contributed by atoms with Gasteiger partial charge in [0, 0.05) is 19.2 Å². The van der Waals surface area contributed by atoms with Crippen LogP contribution in [0.4, 0.5) is 13.2 Å². The van der Waals surface area contributed by atoms with Crippen LogP contribution in [0.25, 0.3) is 0 Å². The van der Waals surface area contributed by atoms with Crippen molar-refractivity contribution in [2.45, 2.75) is 46.4 Å². The molecule has 5 nitrogen and oxygen atoms in total. The zero-order valence-electron chi connectivity index (χ0n) is 16.9.